The van der Waals surface area contributed by atoms with Crippen molar-refractivity contribution in [3.05, 3.63) is 0 Å². The van der Waals surface area contributed by atoms with E-state index in [1.54, 1.807) is 0 Å². The highest BCUT2D eigenvalue weighted by Crippen LogP contribution is 2.24. The van der Waals surface area contributed by atoms with Gasteiger partial charge < -0.3 is 5.32 Å². The second-order valence-electron chi connectivity index (χ2n) is 4.60. The fourth-order valence-electron chi connectivity index (χ4n) is 2.17. The molecule has 1 rings (SSSR count). The van der Waals surface area contributed by atoms with Gasteiger partial charge in [0.1, 0.15) is 0 Å². The molecule has 0 saturated carbocycles. The Morgan fingerprint density at radius 2 is 1.88 bits per heavy atom. The monoisotopic (exact) mass is 242 g/mol. The standard InChI is InChI=1S/C13H26N2S/c1-5-11-9-10-16-12(14-11)15-13(6-2,7-3)8-4/h11H,5-10H2,1-4H3,(H,14,15). The van der Waals surface area contributed by atoms with E-state index in [0.29, 0.717) is 6.04 Å². The zero-order valence-corrected chi connectivity index (χ0v) is 12.0. The number of thioether (sulfide) groups is 1. The van der Waals surface area contributed by atoms with Crippen molar-refractivity contribution in [2.45, 2.75) is 71.4 Å². The fourth-order valence-corrected chi connectivity index (χ4v) is 3.26. The van der Waals surface area contributed by atoms with E-state index in [9.17, 15) is 0 Å². The number of amidine groups is 1. The van der Waals surface area contributed by atoms with Crippen LogP contribution in [-0.4, -0.2) is 22.5 Å². The second kappa shape index (κ2) is 6.53. The molecular formula is C13H26N2S. The van der Waals surface area contributed by atoms with Crippen LogP contribution in [0.25, 0.3) is 0 Å². The number of hydrogen-bond acceptors (Lipinski definition) is 3. The number of hydrogen-bond donors (Lipinski definition) is 1. The first-order valence-electron chi connectivity index (χ1n) is 6.68. The molecule has 0 spiro atoms. The summed E-state index contributed by atoms with van der Waals surface area (Å²) in [6, 6.07) is 0.548. The van der Waals surface area contributed by atoms with Crippen LogP contribution in [0.15, 0.2) is 4.99 Å². The molecule has 94 valence electrons. The van der Waals surface area contributed by atoms with Gasteiger partial charge in [-0.15, -0.1) is 0 Å². The van der Waals surface area contributed by atoms with Gasteiger partial charge in [-0.1, -0.05) is 39.5 Å². The van der Waals surface area contributed by atoms with Gasteiger partial charge in [-0.2, -0.15) is 0 Å². The first-order valence-corrected chi connectivity index (χ1v) is 7.67. The van der Waals surface area contributed by atoms with Crippen molar-refractivity contribution in [3.8, 4) is 0 Å². The number of rotatable bonds is 5. The Hall–Kier alpha value is -0.180. The highest BCUT2D eigenvalue weighted by Gasteiger charge is 2.26. The van der Waals surface area contributed by atoms with Gasteiger partial charge in [0.05, 0.1) is 6.04 Å². The molecule has 2 nitrogen and oxygen atoms in total. The van der Waals surface area contributed by atoms with Crippen LogP contribution in [0.5, 0.6) is 0 Å². The number of nitrogens with one attached hydrogen (secondary N) is 1. The zero-order chi connectivity index (χ0) is 12.0. The van der Waals surface area contributed by atoms with E-state index in [4.69, 9.17) is 4.99 Å². The van der Waals surface area contributed by atoms with Gasteiger partial charge in [0.2, 0.25) is 0 Å². The van der Waals surface area contributed by atoms with Crippen molar-refractivity contribution < 1.29 is 0 Å². The van der Waals surface area contributed by atoms with Crippen LogP contribution in [0.1, 0.15) is 59.8 Å². The van der Waals surface area contributed by atoms with Gasteiger partial charge in [-0.25, -0.2) is 0 Å². The minimum atomic E-state index is 0.265. The van der Waals surface area contributed by atoms with Crippen LogP contribution in [0.2, 0.25) is 0 Å². The summed E-state index contributed by atoms with van der Waals surface area (Å²) in [5.41, 5.74) is 0.265. The Balaban J connectivity index is 2.67. The topological polar surface area (TPSA) is 24.4 Å². The molecule has 1 aliphatic heterocycles. The molecule has 0 amide bonds. The molecule has 3 heteroatoms. The molecule has 0 aromatic rings. The minimum absolute atomic E-state index is 0.265. The van der Waals surface area contributed by atoms with Crippen LogP contribution in [0, 0.1) is 0 Å². The zero-order valence-electron chi connectivity index (χ0n) is 11.2. The third-order valence-corrected chi connectivity index (χ3v) is 4.78. The summed E-state index contributed by atoms with van der Waals surface area (Å²) in [4.78, 5) is 4.80. The van der Waals surface area contributed by atoms with Crippen LogP contribution < -0.4 is 5.32 Å². The SMILES string of the molecule is CCC1CCSC(NC(CC)(CC)CC)=N1. The predicted octanol–water partition coefficient (Wildman–Crippen LogP) is 3.82. The van der Waals surface area contributed by atoms with Gasteiger partial charge in [-0.3, -0.25) is 4.99 Å². The van der Waals surface area contributed by atoms with E-state index in [2.05, 4.69) is 33.0 Å². The molecule has 0 saturated heterocycles. The molecule has 16 heavy (non-hydrogen) atoms. The summed E-state index contributed by atoms with van der Waals surface area (Å²) >= 11 is 1.89. The van der Waals surface area contributed by atoms with Crippen molar-refractivity contribution in [1.82, 2.24) is 5.32 Å². The Bertz CT molecular complexity index is 226. The Kier molecular flexibility index (Phi) is 5.67. The van der Waals surface area contributed by atoms with Gasteiger partial charge in [0, 0.05) is 11.3 Å². The lowest BCUT2D eigenvalue weighted by Gasteiger charge is -2.34. The average Bonchev–Trinajstić information content (AvgIpc) is 2.36. The predicted molar refractivity (Wildman–Crippen MR) is 75.3 cm³/mol. The number of nitrogens with zero attached hydrogens (tertiary/aromatic N) is 1. The quantitative estimate of drug-likeness (QED) is 0.792. The van der Waals surface area contributed by atoms with Crippen LogP contribution in [0.4, 0.5) is 0 Å². The summed E-state index contributed by atoms with van der Waals surface area (Å²) in [5.74, 6) is 1.22. The summed E-state index contributed by atoms with van der Waals surface area (Å²) in [6.07, 6.45) is 5.94. The van der Waals surface area contributed by atoms with E-state index in [1.165, 1.54) is 43.0 Å². The highest BCUT2D eigenvalue weighted by molar-refractivity contribution is 8.13. The largest absolute Gasteiger partial charge is 0.360 e. The first kappa shape index (κ1) is 13.9. The minimum Gasteiger partial charge on any atom is -0.360 e. The molecule has 1 unspecified atom stereocenters. The first-order chi connectivity index (χ1) is 7.69. The lowest BCUT2D eigenvalue weighted by molar-refractivity contribution is 0.340. The smallest absolute Gasteiger partial charge is 0.157 e. The molecule has 0 bridgehead atoms. The molecule has 1 aliphatic rings. The molecule has 0 radical (unpaired) electrons. The molecular weight excluding hydrogens is 216 g/mol. The summed E-state index contributed by atoms with van der Waals surface area (Å²) in [7, 11) is 0. The van der Waals surface area contributed by atoms with E-state index in [0.717, 1.165) is 0 Å². The van der Waals surface area contributed by atoms with Gasteiger partial charge >= 0.3 is 0 Å². The summed E-state index contributed by atoms with van der Waals surface area (Å²) in [6.45, 7) is 9.04. The Morgan fingerprint density at radius 3 is 2.38 bits per heavy atom. The van der Waals surface area contributed by atoms with Crippen molar-refractivity contribution in [2.75, 3.05) is 5.75 Å². The molecule has 1 atom stereocenters. The highest BCUT2D eigenvalue weighted by atomic mass is 32.2. The van der Waals surface area contributed by atoms with Crippen LogP contribution in [0.3, 0.4) is 0 Å². The lowest BCUT2D eigenvalue weighted by Crippen LogP contribution is -2.47. The molecule has 1 heterocycles. The normalized spacial score (nSPS) is 21.8. The van der Waals surface area contributed by atoms with Crippen molar-refractivity contribution in [3.63, 3.8) is 0 Å². The van der Waals surface area contributed by atoms with E-state index in [1.807, 2.05) is 11.8 Å². The van der Waals surface area contributed by atoms with E-state index < -0.39 is 0 Å². The Labute approximate surface area is 105 Å². The maximum Gasteiger partial charge on any atom is 0.157 e. The molecule has 0 fully saturated rings. The summed E-state index contributed by atoms with van der Waals surface area (Å²) < 4.78 is 0. The van der Waals surface area contributed by atoms with Crippen molar-refractivity contribution >= 4 is 16.9 Å². The lowest BCUT2D eigenvalue weighted by atomic mass is 9.90. The molecule has 0 aliphatic carbocycles. The van der Waals surface area contributed by atoms with Gasteiger partial charge in [0.15, 0.2) is 5.17 Å². The summed E-state index contributed by atoms with van der Waals surface area (Å²) in [5, 5.41) is 4.88. The second-order valence-corrected chi connectivity index (χ2v) is 5.68. The maximum atomic E-state index is 4.80. The maximum absolute atomic E-state index is 4.80. The average molecular weight is 242 g/mol. The molecule has 0 aromatic heterocycles. The van der Waals surface area contributed by atoms with Gasteiger partial charge in [0.25, 0.3) is 0 Å². The molecule has 1 N–H and O–H groups in total. The third kappa shape index (κ3) is 3.41. The Morgan fingerprint density at radius 1 is 1.25 bits per heavy atom. The number of aliphatic imine (C=N–C) groups is 1. The fraction of sp³-hybridized carbons (Fsp3) is 0.923. The van der Waals surface area contributed by atoms with Crippen LogP contribution >= 0.6 is 11.8 Å². The van der Waals surface area contributed by atoms with Gasteiger partial charge in [-0.05, 0) is 32.1 Å². The van der Waals surface area contributed by atoms with Crippen molar-refractivity contribution in [2.24, 2.45) is 4.99 Å². The van der Waals surface area contributed by atoms with E-state index in [-0.39, 0.29) is 5.54 Å². The van der Waals surface area contributed by atoms with Crippen LogP contribution in [-0.2, 0) is 0 Å². The molecule has 0 aromatic carbocycles. The third-order valence-electron chi connectivity index (χ3n) is 3.86. The van der Waals surface area contributed by atoms with E-state index >= 15 is 0 Å². The van der Waals surface area contributed by atoms with Crippen molar-refractivity contribution in [1.29, 1.82) is 0 Å².